The van der Waals surface area contributed by atoms with E-state index in [4.69, 9.17) is 18.9 Å². The summed E-state index contributed by atoms with van der Waals surface area (Å²) in [5, 5.41) is 0. The van der Waals surface area contributed by atoms with Crippen LogP contribution in [0.3, 0.4) is 0 Å². The molecule has 0 aliphatic carbocycles. The lowest BCUT2D eigenvalue weighted by atomic mass is 9.98. The van der Waals surface area contributed by atoms with Crippen molar-refractivity contribution in [2.75, 3.05) is 19.8 Å². The monoisotopic (exact) mass is 506 g/mol. The average Bonchev–Trinajstić information content (AvgIpc) is 2.86. The molecule has 0 N–H and O–H groups in total. The maximum atomic E-state index is 12.7. The van der Waals surface area contributed by atoms with Gasteiger partial charge >= 0.3 is 23.9 Å². The summed E-state index contributed by atoms with van der Waals surface area (Å²) < 4.78 is 20.6. The van der Waals surface area contributed by atoms with E-state index in [-0.39, 0.29) is 42.1 Å². The van der Waals surface area contributed by atoms with Gasteiger partial charge in [0.1, 0.15) is 19.0 Å². The first kappa shape index (κ1) is 28.8. The Labute approximate surface area is 216 Å². The lowest BCUT2D eigenvalue weighted by Gasteiger charge is -2.12. The van der Waals surface area contributed by atoms with Gasteiger partial charge in [0.2, 0.25) is 0 Å². The fourth-order valence-corrected chi connectivity index (χ4v) is 2.89. The molecule has 0 unspecified atom stereocenters. The molecule has 0 aromatic heterocycles. The predicted molar refractivity (Wildman–Crippen MR) is 138 cm³/mol. The molecule has 2 aromatic rings. The molecule has 37 heavy (non-hydrogen) atoms. The Morgan fingerprint density at radius 1 is 0.649 bits per heavy atom. The Kier molecular flexibility index (Phi) is 10.6. The van der Waals surface area contributed by atoms with E-state index in [1.165, 1.54) is 6.92 Å². The molecule has 0 aliphatic rings. The molecule has 0 saturated heterocycles. The Hall–Kier alpha value is -4.46. The minimum absolute atomic E-state index is 0.0935. The molecule has 2 aromatic carbocycles. The summed E-state index contributed by atoms with van der Waals surface area (Å²) in [6.07, 6.45) is 0.345. The summed E-state index contributed by atoms with van der Waals surface area (Å²) in [7, 11) is 0. The van der Waals surface area contributed by atoms with E-state index in [1.807, 2.05) is 6.07 Å². The summed E-state index contributed by atoms with van der Waals surface area (Å²) in [5.74, 6) is -1.86. The van der Waals surface area contributed by atoms with Crippen LogP contribution in [0.2, 0.25) is 0 Å². The zero-order valence-corrected chi connectivity index (χ0v) is 21.3. The van der Waals surface area contributed by atoms with Crippen LogP contribution in [0.1, 0.15) is 36.7 Å². The maximum Gasteiger partial charge on any atom is 0.338 e. The lowest BCUT2D eigenvalue weighted by molar-refractivity contribution is -0.140. The second-order valence-electron chi connectivity index (χ2n) is 8.33. The van der Waals surface area contributed by atoms with Crippen molar-refractivity contribution in [2.24, 2.45) is 0 Å². The minimum Gasteiger partial charge on any atom is -0.462 e. The molecule has 194 valence electrons. The molecular weight excluding hydrogens is 476 g/mol. The quantitative estimate of drug-likeness (QED) is 0.133. The van der Waals surface area contributed by atoms with Crippen LogP contribution in [0.15, 0.2) is 78.9 Å². The molecule has 8 heteroatoms. The molecule has 0 bridgehead atoms. The third-order valence-electron chi connectivity index (χ3n) is 4.85. The average molecular weight is 507 g/mol. The van der Waals surface area contributed by atoms with E-state index in [1.54, 1.807) is 50.2 Å². The number of carbonyl (C=O) groups is 4. The summed E-state index contributed by atoms with van der Waals surface area (Å²) in [5.41, 5.74) is 3.26. The van der Waals surface area contributed by atoms with Gasteiger partial charge in [-0.25, -0.2) is 19.2 Å². The standard InChI is InChI=1S/C29H30O8/c1-18(2)26(30)34-12-11-21-15-23(22-7-9-25(10-8-22)37-28(32)20(5)6)17-24(16-21)29(33)36-14-13-35-27(31)19(3)4/h7-10,15-17H,1,3,5,11-14H2,2,4,6H3. The van der Waals surface area contributed by atoms with Crippen LogP contribution in [0, 0.1) is 0 Å². The molecule has 0 aliphatic heterocycles. The molecule has 0 fully saturated rings. The van der Waals surface area contributed by atoms with Gasteiger partial charge in [0.25, 0.3) is 0 Å². The zero-order chi connectivity index (χ0) is 27.5. The van der Waals surface area contributed by atoms with Crippen LogP contribution in [0.5, 0.6) is 5.75 Å². The van der Waals surface area contributed by atoms with Crippen LogP contribution in [-0.2, 0) is 35.0 Å². The fourth-order valence-electron chi connectivity index (χ4n) is 2.89. The van der Waals surface area contributed by atoms with E-state index < -0.39 is 23.9 Å². The molecular formula is C29H30O8. The van der Waals surface area contributed by atoms with Crippen LogP contribution >= 0.6 is 0 Å². The molecule has 2 rings (SSSR count). The van der Waals surface area contributed by atoms with E-state index >= 15 is 0 Å². The molecule has 8 nitrogen and oxygen atoms in total. The minimum atomic E-state index is -0.611. The number of carbonyl (C=O) groups excluding carboxylic acids is 4. The number of hydrogen-bond donors (Lipinski definition) is 0. The Balaban J connectivity index is 2.22. The number of benzene rings is 2. The fraction of sp³-hybridized carbons (Fsp3) is 0.241. The molecule has 0 radical (unpaired) electrons. The smallest absolute Gasteiger partial charge is 0.338 e. The van der Waals surface area contributed by atoms with Gasteiger partial charge in [-0.1, -0.05) is 37.9 Å². The van der Waals surface area contributed by atoms with Gasteiger partial charge in [0.05, 0.1) is 12.2 Å². The first-order valence-electron chi connectivity index (χ1n) is 11.4. The largest absolute Gasteiger partial charge is 0.462 e. The first-order valence-corrected chi connectivity index (χ1v) is 11.4. The van der Waals surface area contributed by atoms with Gasteiger partial charge in [-0.2, -0.15) is 0 Å². The van der Waals surface area contributed by atoms with Crippen molar-refractivity contribution in [1.82, 2.24) is 0 Å². The highest BCUT2D eigenvalue weighted by Crippen LogP contribution is 2.26. The van der Waals surface area contributed by atoms with Gasteiger partial charge < -0.3 is 18.9 Å². The van der Waals surface area contributed by atoms with Gasteiger partial charge in [-0.3, -0.25) is 0 Å². The molecule has 0 saturated carbocycles. The second kappa shape index (κ2) is 13.6. The molecule has 0 heterocycles. The van der Waals surface area contributed by atoms with Crippen molar-refractivity contribution in [3.8, 4) is 16.9 Å². The van der Waals surface area contributed by atoms with Gasteiger partial charge in [-0.15, -0.1) is 0 Å². The SMILES string of the molecule is C=C(C)C(=O)OCCOC(=O)c1cc(CCOC(=O)C(=C)C)cc(-c2ccc(OC(=O)C(=C)C)cc2)c1. The van der Waals surface area contributed by atoms with E-state index in [0.29, 0.717) is 17.7 Å². The Morgan fingerprint density at radius 3 is 1.76 bits per heavy atom. The first-order chi connectivity index (χ1) is 17.5. The van der Waals surface area contributed by atoms with Gasteiger partial charge in [0, 0.05) is 23.1 Å². The number of rotatable bonds is 12. The topological polar surface area (TPSA) is 105 Å². The summed E-state index contributed by atoms with van der Waals surface area (Å²) in [6, 6.07) is 11.9. The van der Waals surface area contributed by atoms with Gasteiger partial charge in [0.15, 0.2) is 0 Å². The number of ether oxygens (including phenoxy) is 4. The van der Waals surface area contributed by atoms with Crippen molar-refractivity contribution in [1.29, 1.82) is 0 Å². The summed E-state index contributed by atoms with van der Waals surface area (Å²) >= 11 is 0. The summed E-state index contributed by atoms with van der Waals surface area (Å²) in [6.45, 7) is 15.1. The van der Waals surface area contributed by atoms with Crippen molar-refractivity contribution < 1.29 is 38.1 Å². The van der Waals surface area contributed by atoms with Crippen LogP contribution in [0.4, 0.5) is 0 Å². The van der Waals surface area contributed by atoms with Gasteiger partial charge in [-0.05, 0) is 61.7 Å². The maximum absolute atomic E-state index is 12.7. The van der Waals surface area contributed by atoms with E-state index in [2.05, 4.69) is 19.7 Å². The number of hydrogen-bond acceptors (Lipinski definition) is 8. The van der Waals surface area contributed by atoms with Crippen molar-refractivity contribution in [3.05, 3.63) is 90.0 Å². The van der Waals surface area contributed by atoms with Crippen molar-refractivity contribution in [2.45, 2.75) is 27.2 Å². The molecule has 0 spiro atoms. The zero-order valence-electron chi connectivity index (χ0n) is 21.3. The Bertz CT molecular complexity index is 1220. The lowest BCUT2D eigenvalue weighted by Crippen LogP contribution is -2.14. The predicted octanol–water partition coefficient (Wildman–Crippen LogP) is 4.77. The normalized spacial score (nSPS) is 10.1. The summed E-state index contributed by atoms with van der Waals surface area (Å²) in [4.78, 5) is 47.7. The van der Waals surface area contributed by atoms with Crippen molar-refractivity contribution >= 4 is 23.9 Å². The third kappa shape index (κ3) is 9.25. The highest BCUT2D eigenvalue weighted by Gasteiger charge is 2.14. The van der Waals surface area contributed by atoms with Crippen LogP contribution in [0.25, 0.3) is 11.1 Å². The molecule has 0 atom stereocenters. The highest BCUT2D eigenvalue weighted by molar-refractivity contribution is 5.92. The van der Waals surface area contributed by atoms with Crippen molar-refractivity contribution in [3.63, 3.8) is 0 Å². The molecule has 0 amide bonds. The van der Waals surface area contributed by atoms with E-state index in [0.717, 1.165) is 11.1 Å². The van der Waals surface area contributed by atoms with E-state index in [9.17, 15) is 19.2 Å². The highest BCUT2D eigenvalue weighted by atomic mass is 16.6. The third-order valence-corrected chi connectivity index (χ3v) is 4.85. The van der Waals surface area contributed by atoms with Crippen LogP contribution in [-0.4, -0.2) is 43.7 Å². The second-order valence-corrected chi connectivity index (χ2v) is 8.33. The van der Waals surface area contributed by atoms with Crippen LogP contribution < -0.4 is 4.74 Å². The Morgan fingerprint density at radius 2 is 1.19 bits per heavy atom. The number of esters is 4.